The first-order valence-electron chi connectivity index (χ1n) is 17.0. The van der Waals surface area contributed by atoms with Gasteiger partial charge in [-0.25, -0.2) is 9.59 Å². The average molecular weight is 656 g/mol. The Bertz CT molecular complexity index is 1750. The van der Waals surface area contributed by atoms with Gasteiger partial charge in [-0.05, 0) is 92.6 Å². The van der Waals surface area contributed by atoms with Crippen LogP contribution < -0.4 is 4.90 Å². The van der Waals surface area contributed by atoms with Crippen LogP contribution in [0.2, 0.25) is 0 Å². The van der Waals surface area contributed by atoms with Crippen LogP contribution in [0.25, 0.3) is 0 Å². The molecule has 0 atom stereocenters. The van der Waals surface area contributed by atoms with E-state index in [1.54, 1.807) is 12.1 Å². The Morgan fingerprint density at radius 2 is 1.53 bits per heavy atom. The van der Waals surface area contributed by atoms with E-state index >= 15 is 0 Å². The molecule has 0 amide bonds. The molecule has 7 heteroatoms. The quantitative estimate of drug-likeness (QED) is 0.236. The van der Waals surface area contributed by atoms with Crippen molar-refractivity contribution in [1.82, 2.24) is 0 Å². The monoisotopic (exact) mass is 655 g/mol. The van der Waals surface area contributed by atoms with Crippen LogP contribution in [0.3, 0.4) is 0 Å². The summed E-state index contributed by atoms with van der Waals surface area (Å²) >= 11 is 7.16. The number of nitrogens with zero attached hydrogens (tertiary/aromatic N) is 2. The minimum atomic E-state index is -0.913. The van der Waals surface area contributed by atoms with Crippen molar-refractivity contribution in [1.29, 1.82) is 0 Å². The maximum Gasteiger partial charge on any atom is 0.335 e. The van der Waals surface area contributed by atoms with Crippen molar-refractivity contribution >= 4 is 40.6 Å². The number of hydrogen-bond acceptors (Lipinski definition) is 3. The van der Waals surface area contributed by atoms with Crippen molar-refractivity contribution in [3.63, 3.8) is 0 Å². The van der Waals surface area contributed by atoms with Crippen LogP contribution in [-0.2, 0) is 10.8 Å². The third kappa shape index (κ3) is 6.49. The summed E-state index contributed by atoms with van der Waals surface area (Å²) < 4.78 is 2.35. The van der Waals surface area contributed by atoms with E-state index in [2.05, 4.69) is 75.3 Å². The molecule has 0 saturated heterocycles. The molecule has 0 bridgehead atoms. The van der Waals surface area contributed by atoms with Gasteiger partial charge < -0.3 is 15.1 Å². The number of aromatic carboxylic acids is 2. The summed E-state index contributed by atoms with van der Waals surface area (Å²) in [6, 6.07) is 11.0. The minimum Gasteiger partial charge on any atom is -0.478 e. The first-order chi connectivity index (χ1) is 22.3. The molecule has 47 heavy (non-hydrogen) atoms. The molecule has 0 fully saturated rings. The zero-order chi connectivity index (χ0) is 34.1. The first-order valence-corrected chi connectivity index (χ1v) is 17.4. The molecule has 3 aliphatic rings. The second-order valence-corrected chi connectivity index (χ2v) is 14.4. The number of fused-ring (bicyclic) bond motifs is 2. The van der Waals surface area contributed by atoms with Gasteiger partial charge in [-0.2, -0.15) is 4.58 Å². The summed E-state index contributed by atoms with van der Waals surface area (Å²) in [6.45, 7) is 14.8. The summed E-state index contributed by atoms with van der Waals surface area (Å²) in [7, 11) is 0. The van der Waals surface area contributed by atoms with E-state index in [0.717, 1.165) is 108 Å². The van der Waals surface area contributed by atoms with Crippen molar-refractivity contribution in [2.75, 3.05) is 18.0 Å². The number of anilines is 1. The van der Waals surface area contributed by atoms with Crippen LogP contribution >= 0.6 is 11.6 Å². The Morgan fingerprint density at radius 3 is 2.19 bits per heavy atom. The summed E-state index contributed by atoms with van der Waals surface area (Å²) in [5.41, 5.74) is 8.62. The van der Waals surface area contributed by atoms with Gasteiger partial charge in [0, 0.05) is 52.5 Å². The molecule has 2 aliphatic heterocycles. The fraction of sp³-hybridized carbons (Fsp3) is 0.425. The number of benzene rings is 2. The first kappa shape index (κ1) is 34.4. The summed E-state index contributed by atoms with van der Waals surface area (Å²) in [6.07, 6.45) is 15.7. The third-order valence-electron chi connectivity index (χ3n) is 10.1. The molecule has 2 heterocycles. The lowest BCUT2D eigenvalue weighted by molar-refractivity contribution is -0.438. The van der Waals surface area contributed by atoms with Crippen molar-refractivity contribution in [2.24, 2.45) is 0 Å². The van der Waals surface area contributed by atoms with Gasteiger partial charge in [0.25, 0.3) is 0 Å². The molecule has 2 aromatic carbocycles. The fourth-order valence-corrected chi connectivity index (χ4v) is 7.61. The molecule has 6 nitrogen and oxygen atoms in total. The fourth-order valence-electron chi connectivity index (χ4n) is 7.30. The summed E-state index contributed by atoms with van der Waals surface area (Å²) in [5.74, 6) is -1.83. The maximum absolute atomic E-state index is 11.8. The normalized spacial score (nSPS) is 20.1. The lowest BCUT2D eigenvalue weighted by atomic mass is 9.80. The highest BCUT2D eigenvalue weighted by molar-refractivity contribution is 6.32. The van der Waals surface area contributed by atoms with Crippen molar-refractivity contribution in [2.45, 2.75) is 97.3 Å². The highest BCUT2D eigenvalue weighted by Gasteiger charge is 2.45. The lowest BCUT2D eigenvalue weighted by Gasteiger charge is -2.27. The highest BCUT2D eigenvalue weighted by atomic mass is 35.5. The third-order valence-corrected chi connectivity index (χ3v) is 10.6. The van der Waals surface area contributed by atoms with Gasteiger partial charge in [-0.1, -0.05) is 64.3 Å². The Kier molecular flexibility index (Phi) is 10.0. The largest absolute Gasteiger partial charge is 0.478 e. The Hall–Kier alpha value is -3.90. The topological polar surface area (TPSA) is 80.8 Å². The Morgan fingerprint density at radius 1 is 0.872 bits per heavy atom. The van der Waals surface area contributed by atoms with E-state index in [9.17, 15) is 19.8 Å². The highest BCUT2D eigenvalue weighted by Crippen LogP contribution is 2.48. The van der Waals surface area contributed by atoms with Crippen LogP contribution in [0.15, 0.2) is 82.6 Å². The van der Waals surface area contributed by atoms with Gasteiger partial charge in [-0.3, -0.25) is 0 Å². The van der Waals surface area contributed by atoms with E-state index in [4.69, 9.17) is 11.6 Å². The van der Waals surface area contributed by atoms with E-state index in [1.165, 1.54) is 0 Å². The van der Waals surface area contributed by atoms with Crippen molar-refractivity contribution in [3.8, 4) is 0 Å². The van der Waals surface area contributed by atoms with Gasteiger partial charge >= 0.3 is 11.9 Å². The molecule has 0 unspecified atom stereocenters. The molecular weight excluding hydrogens is 608 g/mol. The van der Waals surface area contributed by atoms with Crippen LogP contribution in [0, 0.1) is 0 Å². The maximum atomic E-state index is 11.8. The molecule has 0 aromatic heterocycles. The van der Waals surface area contributed by atoms with Crippen LogP contribution in [-0.4, -0.2) is 45.5 Å². The number of carbonyl (C=O) groups is 2. The Labute approximate surface area is 284 Å². The van der Waals surface area contributed by atoms with E-state index in [1.807, 2.05) is 24.3 Å². The minimum absolute atomic E-state index is 0.309. The number of carboxylic acids is 2. The number of unbranched alkanes of at least 4 members (excludes halogenated alkanes) is 2. The summed E-state index contributed by atoms with van der Waals surface area (Å²) in [4.78, 5) is 25.9. The number of allylic oxidation sites excluding steroid dienone is 8. The van der Waals surface area contributed by atoms with Gasteiger partial charge in [-0.15, -0.1) is 0 Å². The number of halogens is 1. The SMILES string of the molecule is CCCCN1C(=CC=C2CCCC(C=CC3=[N+](CCCC)c4ccc(C(=O)O)cc4C3(C)C)=C2Cl)C(C)(C)c2cc(C(=O)O)ccc21. The van der Waals surface area contributed by atoms with Gasteiger partial charge in [0.05, 0.1) is 16.5 Å². The van der Waals surface area contributed by atoms with E-state index < -0.39 is 11.9 Å². The standard InChI is InChI=1S/C40H47ClN2O4/c1-7-9-22-42-32-18-14-28(37(44)45)24-30(32)39(3,4)34(42)20-16-26-12-11-13-27(36(26)41)17-21-35-40(5,6)31-25-29(38(46)47)15-19-33(31)43(35)23-10-8-2/h14-21,24-25H,7-13,22-23H2,1-6H3,(H-,44,45,46,47)/p+1. The van der Waals surface area contributed by atoms with Crippen LogP contribution in [0.5, 0.6) is 0 Å². The van der Waals surface area contributed by atoms with Crippen LogP contribution in [0.1, 0.15) is 118 Å². The molecular formula is C40H48ClN2O4+. The molecule has 2 aromatic rings. The molecule has 0 saturated carbocycles. The molecule has 248 valence electrons. The second-order valence-electron chi connectivity index (χ2n) is 14.0. The molecule has 2 N–H and O–H groups in total. The Balaban J connectivity index is 1.51. The van der Waals surface area contributed by atoms with Crippen molar-refractivity contribution in [3.05, 3.63) is 105 Å². The molecule has 0 radical (unpaired) electrons. The second kappa shape index (κ2) is 13.7. The van der Waals surface area contributed by atoms with Gasteiger partial charge in [0.1, 0.15) is 6.54 Å². The predicted molar refractivity (Wildman–Crippen MR) is 192 cm³/mol. The number of carboxylic acid groups (broad SMARTS) is 2. The zero-order valence-electron chi connectivity index (χ0n) is 28.6. The zero-order valence-corrected chi connectivity index (χ0v) is 29.4. The molecule has 5 rings (SSSR count). The van der Waals surface area contributed by atoms with E-state index in [0.29, 0.717) is 11.1 Å². The number of hydrogen-bond donors (Lipinski definition) is 2. The average Bonchev–Trinajstić information content (AvgIpc) is 3.38. The van der Waals surface area contributed by atoms with Crippen LogP contribution in [0.4, 0.5) is 11.4 Å². The van der Waals surface area contributed by atoms with Gasteiger partial charge in [0.2, 0.25) is 5.69 Å². The predicted octanol–water partition coefficient (Wildman–Crippen LogP) is 9.90. The summed E-state index contributed by atoms with van der Waals surface area (Å²) in [5, 5.41) is 20.1. The van der Waals surface area contributed by atoms with Gasteiger partial charge in [0.15, 0.2) is 5.71 Å². The smallest absolute Gasteiger partial charge is 0.335 e. The number of rotatable bonds is 11. The van der Waals surface area contributed by atoms with Crippen molar-refractivity contribution < 1.29 is 24.4 Å². The lowest BCUT2D eigenvalue weighted by Crippen LogP contribution is -2.28. The van der Waals surface area contributed by atoms with E-state index in [-0.39, 0.29) is 10.8 Å². The molecule has 0 spiro atoms. The molecule has 1 aliphatic carbocycles.